The fourth-order valence-electron chi connectivity index (χ4n) is 0.939. The van der Waals surface area contributed by atoms with Crippen LogP contribution in [0.4, 0.5) is 0 Å². The molecule has 0 bridgehead atoms. The van der Waals surface area contributed by atoms with Crippen molar-refractivity contribution in [3.05, 3.63) is 30.3 Å². The Morgan fingerprint density at radius 3 is 2.19 bits per heavy atom. The Hall–Kier alpha value is -1.25. The zero-order chi connectivity index (χ0) is 12.2. The molecular formula is C11H15NO2SSi. The Labute approximate surface area is 97.9 Å². The van der Waals surface area contributed by atoms with Crippen molar-refractivity contribution in [1.82, 2.24) is 4.72 Å². The topological polar surface area (TPSA) is 46.2 Å². The summed E-state index contributed by atoms with van der Waals surface area (Å²) >= 11 is 0. The zero-order valence-electron chi connectivity index (χ0n) is 9.61. The number of nitrogens with one attached hydrogen (secondary N) is 1. The van der Waals surface area contributed by atoms with Gasteiger partial charge >= 0.3 is 0 Å². The molecule has 0 atom stereocenters. The Balaban J connectivity index is 2.86. The van der Waals surface area contributed by atoms with Gasteiger partial charge in [-0.05, 0) is 12.1 Å². The fraction of sp³-hybridized carbons (Fsp3) is 0.273. The molecule has 0 aliphatic carbocycles. The number of rotatable bonds is 2. The molecule has 1 rings (SSSR count). The second-order valence-electron chi connectivity index (χ2n) is 4.42. The minimum Gasteiger partial charge on any atom is -0.238 e. The van der Waals surface area contributed by atoms with Gasteiger partial charge in [-0.15, -0.1) is 5.54 Å². The van der Waals surface area contributed by atoms with Gasteiger partial charge in [0.1, 0.15) is 8.07 Å². The Morgan fingerprint density at radius 2 is 1.69 bits per heavy atom. The molecule has 1 aromatic rings. The lowest BCUT2D eigenvalue weighted by Crippen LogP contribution is -2.22. The van der Waals surface area contributed by atoms with Crippen LogP contribution < -0.4 is 4.72 Å². The van der Waals surface area contributed by atoms with E-state index in [1.165, 1.54) is 0 Å². The van der Waals surface area contributed by atoms with Crippen LogP contribution in [0.5, 0.6) is 0 Å². The van der Waals surface area contributed by atoms with Gasteiger partial charge in [0.25, 0.3) is 10.0 Å². The molecule has 0 saturated heterocycles. The highest BCUT2D eigenvalue weighted by Crippen LogP contribution is 2.06. The molecule has 0 radical (unpaired) electrons. The van der Waals surface area contributed by atoms with E-state index in [-0.39, 0.29) is 4.90 Å². The summed E-state index contributed by atoms with van der Waals surface area (Å²) in [6, 6.07) is 10.8. The van der Waals surface area contributed by atoms with Crippen LogP contribution in [0.15, 0.2) is 35.2 Å². The molecule has 0 aliphatic rings. The maximum atomic E-state index is 11.7. The lowest BCUT2D eigenvalue weighted by Gasteiger charge is -2.04. The Kier molecular flexibility index (Phi) is 3.78. The van der Waals surface area contributed by atoms with Gasteiger partial charge in [0.05, 0.1) is 4.90 Å². The van der Waals surface area contributed by atoms with E-state index in [4.69, 9.17) is 0 Å². The SMILES string of the molecule is C[Si](C)(C)C#CNS(=O)(=O)c1ccccc1. The molecule has 0 spiro atoms. The van der Waals surface area contributed by atoms with Gasteiger partial charge in [0, 0.05) is 6.04 Å². The van der Waals surface area contributed by atoms with Gasteiger partial charge in [-0.2, -0.15) is 0 Å². The van der Waals surface area contributed by atoms with Crippen LogP contribution in [0.25, 0.3) is 0 Å². The minimum absolute atomic E-state index is 0.236. The molecule has 0 fully saturated rings. The second-order valence-corrected chi connectivity index (χ2v) is 10.9. The van der Waals surface area contributed by atoms with E-state index in [9.17, 15) is 8.42 Å². The van der Waals surface area contributed by atoms with Gasteiger partial charge in [0.15, 0.2) is 0 Å². The highest BCUT2D eigenvalue weighted by molar-refractivity contribution is 7.89. The van der Waals surface area contributed by atoms with Crippen LogP contribution in [-0.4, -0.2) is 16.5 Å². The summed E-state index contributed by atoms with van der Waals surface area (Å²) < 4.78 is 25.7. The van der Waals surface area contributed by atoms with Crippen LogP contribution in [0.2, 0.25) is 19.6 Å². The van der Waals surface area contributed by atoms with Crippen LogP contribution in [0.3, 0.4) is 0 Å². The summed E-state index contributed by atoms with van der Waals surface area (Å²) in [5.41, 5.74) is 2.95. The normalized spacial score (nSPS) is 11.4. The van der Waals surface area contributed by atoms with E-state index < -0.39 is 18.1 Å². The molecular weight excluding hydrogens is 238 g/mol. The van der Waals surface area contributed by atoms with Crippen molar-refractivity contribution < 1.29 is 8.42 Å². The molecule has 1 N–H and O–H groups in total. The summed E-state index contributed by atoms with van der Waals surface area (Å²) in [7, 11) is -5.03. The summed E-state index contributed by atoms with van der Waals surface area (Å²) in [5, 5.41) is 0. The first-order chi connectivity index (χ1) is 7.31. The molecule has 0 amide bonds. The molecule has 0 aliphatic heterocycles. The van der Waals surface area contributed by atoms with E-state index in [0.717, 1.165) is 0 Å². The Morgan fingerprint density at radius 1 is 1.12 bits per heavy atom. The molecule has 86 valence electrons. The predicted octanol–water partition coefficient (Wildman–Crippen LogP) is 1.80. The molecule has 3 nitrogen and oxygen atoms in total. The van der Waals surface area contributed by atoms with Crippen molar-refractivity contribution in [1.29, 1.82) is 0 Å². The summed E-state index contributed by atoms with van der Waals surface area (Å²) in [5.74, 6) is 0. The third-order valence-electron chi connectivity index (χ3n) is 1.68. The maximum absolute atomic E-state index is 11.7. The van der Waals surface area contributed by atoms with E-state index in [1.807, 2.05) is 0 Å². The zero-order valence-corrected chi connectivity index (χ0v) is 11.4. The van der Waals surface area contributed by atoms with E-state index in [1.54, 1.807) is 30.3 Å². The molecule has 0 aromatic heterocycles. The van der Waals surface area contributed by atoms with Crippen molar-refractivity contribution in [3.63, 3.8) is 0 Å². The lowest BCUT2D eigenvalue weighted by atomic mass is 10.4. The van der Waals surface area contributed by atoms with Crippen molar-refractivity contribution in [3.8, 4) is 11.6 Å². The van der Waals surface area contributed by atoms with Gasteiger partial charge in [0.2, 0.25) is 0 Å². The van der Waals surface area contributed by atoms with Crippen LogP contribution >= 0.6 is 0 Å². The van der Waals surface area contributed by atoms with Gasteiger partial charge < -0.3 is 0 Å². The first-order valence-electron chi connectivity index (χ1n) is 4.90. The average molecular weight is 253 g/mol. The van der Waals surface area contributed by atoms with Crippen molar-refractivity contribution in [2.45, 2.75) is 24.5 Å². The molecule has 1 aromatic carbocycles. The molecule has 16 heavy (non-hydrogen) atoms. The van der Waals surface area contributed by atoms with Crippen LogP contribution in [0.1, 0.15) is 0 Å². The monoisotopic (exact) mass is 253 g/mol. The van der Waals surface area contributed by atoms with Crippen LogP contribution in [0, 0.1) is 11.6 Å². The third kappa shape index (κ3) is 4.09. The quantitative estimate of drug-likeness (QED) is 0.496. The largest absolute Gasteiger partial charge is 0.268 e. The standard InChI is InChI=1S/C11H15NO2SSi/c1-16(2,3)10-9-12-15(13,14)11-7-5-4-6-8-11/h4-8,12H,1-3H3. The predicted molar refractivity (Wildman–Crippen MR) is 67.9 cm³/mol. The average Bonchev–Trinajstić information content (AvgIpc) is 2.17. The highest BCUT2D eigenvalue weighted by atomic mass is 32.2. The van der Waals surface area contributed by atoms with Gasteiger partial charge in [-0.1, -0.05) is 37.8 Å². The van der Waals surface area contributed by atoms with Crippen molar-refractivity contribution >= 4 is 18.1 Å². The van der Waals surface area contributed by atoms with E-state index in [0.29, 0.717) is 0 Å². The minimum atomic E-state index is -3.48. The lowest BCUT2D eigenvalue weighted by molar-refractivity contribution is 0.592. The first-order valence-corrected chi connectivity index (χ1v) is 9.89. The van der Waals surface area contributed by atoms with E-state index >= 15 is 0 Å². The summed E-state index contributed by atoms with van der Waals surface area (Å²) in [6.45, 7) is 6.16. The fourth-order valence-corrected chi connectivity index (χ4v) is 2.29. The van der Waals surface area contributed by atoms with Crippen LogP contribution in [-0.2, 0) is 10.0 Å². The highest BCUT2D eigenvalue weighted by Gasteiger charge is 2.12. The summed E-state index contributed by atoms with van der Waals surface area (Å²) in [4.78, 5) is 0.236. The van der Waals surface area contributed by atoms with Gasteiger partial charge in [-0.3, -0.25) is 0 Å². The molecule has 0 saturated carbocycles. The number of hydrogen-bond donors (Lipinski definition) is 1. The number of benzene rings is 1. The smallest absolute Gasteiger partial charge is 0.238 e. The molecule has 0 heterocycles. The van der Waals surface area contributed by atoms with Gasteiger partial charge in [-0.25, -0.2) is 13.1 Å². The molecule has 5 heteroatoms. The van der Waals surface area contributed by atoms with Crippen molar-refractivity contribution in [2.24, 2.45) is 0 Å². The van der Waals surface area contributed by atoms with Crippen molar-refractivity contribution in [2.75, 3.05) is 0 Å². The summed E-state index contributed by atoms with van der Waals surface area (Å²) in [6.07, 6.45) is 0. The van der Waals surface area contributed by atoms with E-state index in [2.05, 4.69) is 36.0 Å². The number of sulfonamides is 1. The Bertz CT molecular complexity index is 506. The number of hydrogen-bond acceptors (Lipinski definition) is 2. The maximum Gasteiger partial charge on any atom is 0.268 e. The third-order valence-corrected chi connectivity index (χ3v) is 3.81. The second kappa shape index (κ2) is 4.72. The molecule has 0 unspecified atom stereocenters. The first kappa shape index (κ1) is 12.8.